The Morgan fingerprint density at radius 1 is 1.67 bits per heavy atom. The molecule has 0 rings (SSSR count). The molecule has 0 spiro atoms. The van der Waals surface area contributed by atoms with Crippen LogP contribution in [-0.4, -0.2) is 35.8 Å². The van der Waals surface area contributed by atoms with E-state index < -0.39 is 21.2 Å². The molecule has 0 aliphatic heterocycles. The van der Waals surface area contributed by atoms with Crippen LogP contribution < -0.4 is 35.3 Å². The monoisotopic (exact) mass is 225 g/mol. The summed E-state index contributed by atoms with van der Waals surface area (Å²) in [6, 6.07) is -1.28. The van der Waals surface area contributed by atoms with Crippen molar-refractivity contribution < 1.29 is 53.9 Å². The third kappa shape index (κ3) is 8.78. The van der Waals surface area contributed by atoms with Gasteiger partial charge in [0.25, 0.3) is 0 Å². The number of carboxylic acids is 1. The van der Waals surface area contributed by atoms with Crippen LogP contribution in [-0.2, 0) is 13.9 Å². The fourth-order valence-corrected chi connectivity index (χ4v) is 1.65. The Labute approximate surface area is 96.8 Å². The van der Waals surface area contributed by atoms with Gasteiger partial charge in [0, 0.05) is 5.75 Å². The van der Waals surface area contributed by atoms with Gasteiger partial charge in [0.15, 0.2) is 0 Å². The molecule has 0 aliphatic rings. The maximum atomic E-state index is 10.0. The van der Waals surface area contributed by atoms with Gasteiger partial charge >= 0.3 is 44.7 Å². The van der Waals surface area contributed by atoms with Crippen molar-refractivity contribution in [2.75, 3.05) is 5.75 Å². The van der Waals surface area contributed by atoms with E-state index in [1.807, 2.05) is 0 Å². The Kier molecular flexibility index (Phi) is 7.83. The molecule has 0 bridgehead atoms. The molecule has 68 valence electrons. The van der Waals surface area contributed by atoms with Gasteiger partial charge in [-0.25, -0.2) is 0 Å². The van der Waals surface area contributed by atoms with E-state index in [-0.39, 0.29) is 47.5 Å². The second-order valence-electron chi connectivity index (χ2n) is 1.66. The number of nitrogens with two attached hydrogens (primary N) is 1. The quantitative estimate of drug-likeness (QED) is 0.254. The Balaban J connectivity index is -0.000000500. The number of aliphatic carboxylic acids is 1. The van der Waals surface area contributed by atoms with Gasteiger partial charge in [-0.15, -0.1) is 0 Å². The molecule has 1 atom stereocenters. The minimum absolute atomic E-state index is 0. The maximum absolute atomic E-state index is 10.0. The normalized spacial score (nSPS) is 13.2. The van der Waals surface area contributed by atoms with E-state index in [4.69, 9.17) is 15.4 Å². The van der Waals surface area contributed by atoms with Crippen molar-refractivity contribution in [3.63, 3.8) is 0 Å². The first-order chi connectivity index (χ1) is 4.83. The Hall–Kier alpha value is 0.690. The molecule has 6 nitrogen and oxygen atoms in total. The second kappa shape index (κ2) is 6.19. The maximum Gasteiger partial charge on any atom is 1.00 e. The number of carboxylic acid groups (broad SMARTS) is 1. The van der Waals surface area contributed by atoms with Gasteiger partial charge in [0.1, 0.15) is 6.04 Å². The van der Waals surface area contributed by atoms with Crippen LogP contribution in [0.4, 0.5) is 0 Å². The van der Waals surface area contributed by atoms with Crippen molar-refractivity contribution in [2.24, 2.45) is 5.73 Å². The molecule has 0 heterocycles. The summed E-state index contributed by atoms with van der Waals surface area (Å²) in [6.45, 7) is 0. The van der Waals surface area contributed by atoms with Crippen molar-refractivity contribution in [1.82, 2.24) is 0 Å². The molecule has 0 saturated heterocycles. The molecule has 0 radical (unpaired) electrons. The molecule has 12 heavy (non-hydrogen) atoms. The molecule has 0 aromatic rings. The van der Waals surface area contributed by atoms with Crippen LogP contribution in [0.2, 0.25) is 0 Å². The standard InChI is InChI=1S/C3H7NO5S2.Na.H/c4-2(3(5)6)1-10-11(7,8)9;;/h2H,1,4H2,(H,5,6)(H,7,8,9);;/q;+1;-1/t2-;;/m1../s1. The first kappa shape index (κ1) is 15.2. The molecule has 0 unspecified atom stereocenters. The smallest absolute Gasteiger partial charge is 1.00 e. The molecular formula is C3H8NNaO5S2. The summed E-state index contributed by atoms with van der Waals surface area (Å²) in [7, 11) is -4.09. The average molecular weight is 225 g/mol. The molecule has 0 fully saturated rings. The number of rotatable bonds is 4. The van der Waals surface area contributed by atoms with E-state index in [1.165, 1.54) is 0 Å². The zero-order chi connectivity index (χ0) is 9.07. The molecule has 4 N–H and O–H groups in total. The minimum atomic E-state index is -4.18. The largest absolute Gasteiger partial charge is 1.00 e. The van der Waals surface area contributed by atoms with E-state index in [1.54, 1.807) is 0 Å². The Morgan fingerprint density at radius 3 is 2.33 bits per heavy atom. The fraction of sp³-hybridized carbons (Fsp3) is 0.667. The summed E-state index contributed by atoms with van der Waals surface area (Å²) in [6.07, 6.45) is 0. The van der Waals surface area contributed by atoms with E-state index in [0.29, 0.717) is 0 Å². The van der Waals surface area contributed by atoms with Crippen LogP contribution in [0.5, 0.6) is 0 Å². The average Bonchev–Trinajstić information content (AvgIpc) is 1.80. The molecule has 9 heteroatoms. The summed E-state index contributed by atoms with van der Waals surface area (Å²) in [5, 5.41) is 8.16. The van der Waals surface area contributed by atoms with Crippen LogP contribution in [0, 0.1) is 0 Å². The molecule has 0 saturated carbocycles. The van der Waals surface area contributed by atoms with Crippen LogP contribution in [0.3, 0.4) is 0 Å². The van der Waals surface area contributed by atoms with Crippen LogP contribution in [0.1, 0.15) is 1.43 Å². The van der Waals surface area contributed by atoms with Crippen molar-refractivity contribution in [1.29, 1.82) is 0 Å². The molecule has 0 aromatic heterocycles. The zero-order valence-corrected chi connectivity index (χ0v) is 9.93. The SMILES string of the molecule is N[C@H](CSS(=O)(=O)O)C(=O)O.[H-].[Na+]. The minimum Gasteiger partial charge on any atom is -1.00 e. The summed E-state index contributed by atoms with van der Waals surface area (Å²) < 4.78 is 28.2. The van der Waals surface area contributed by atoms with Crippen molar-refractivity contribution >= 4 is 25.9 Å². The van der Waals surface area contributed by atoms with Gasteiger partial charge < -0.3 is 12.3 Å². The van der Waals surface area contributed by atoms with E-state index >= 15 is 0 Å². The summed E-state index contributed by atoms with van der Waals surface area (Å²) >= 11 is 0. The van der Waals surface area contributed by atoms with E-state index in [9.17, 15) is 13.2 Å². The van der Waals surface area contributed by atoms with Crippen molar-refractivity contribution in [3.8, 4) is 0 Å². The van der Waals surface area contributed by atoms with E-state index in [0.717, 1.165) is 0 Å². The first-order valence-corrected chi connectivity index (χ1v) is 5.37. The third-order valence-corrected chi connectivity index (χ3v) is 2.81. The number of carbonyl (C=O) groups is 1. The predicted octanol–water partition coefficient (Wildman–Crippen LogP) is -3.95. The van der Waals surface area contributed by atoms with Gasteiger partial charge in [0.05, 0.1) is 0 Å². The topological polar surface area (TPSA) is 118 Å². The van der Waals surface area contributed by atoms with Gasteiger partial charge in [0.2, 0.25) is 0 Å². The molecular weight excluding hydrogens is 217 g/mol. The van der Waals surface area contributed by atoms with Crippen LogP contribution in [0.15, 0.2) is 0 Å². The van der Waals surface area contributed by atoms with Gasteiger partial charge in [-0.1, -0.05) is 0 Å². The Morgan fingerprint density at radius 2 is 2.08 bits per heavy atom. The predicted molar refractivity (Wildman–Crippen MR) is 40.7 cm³/mol. The van der Waals surface area contributed by atoms with E-state index in [2.05, 4.69) is 0 Å². The fourth-order valence-electron chi connectivity index (χ4n) is 0.231. The third-order valence-electron chi connectivity index (χ3n) is 0.714. The molecule has 0 amide bonds. The van der Waals surface area contributed by atoms with Crippen LogP contribution >= 0.6 is 10.8 Å². The Bertz CT molecular complexity index is 244. The van der Waals surface area contributed by atoms with Crippen LogP contribution in [0.25, 0.3) is 0 Å². The van der Waals surface area contributed by atoms with Gasteiger partial charge in [-0.2, -0.15) is 8.42 Å². The zero-order valence-electron chi connectivity index (χ0n) is 7.30. The molecule has 0 aromatic carbocycles. The molecule has 0 aliphatic carbocycles. The second-order valence-corrected chi connectivity index (χ2v) is 5.05. The van der Waals surface area contributed by atoms with Gasteiger partial charge in [-0.3, -0.25) is 9.35 Å². The number of hydrogen-bond donors (Lipinski definition) is 3. The number of hydrogen-bond acceptors (Lipinski definition) is 5. The summed E-state index contributed by atoms with van der Waals surface area (Å²) in [5.74, 6) is -1.67. The summed E-state index contributed by atoms with van der Waals surface area (Å²) in [5.41, 5.74) is 4.93. The first-order valence-electron chi connectivity index (χ1n) is 2.43. The van der Waals surface area contributed by atoms with Gasteiger partial charge in [-0.05, 0) is 10.8 Å². The van der Waals surface area contributed by atoms with Crippen molar-refractivity contribution in [3.05, 3.63) is 0 Å². The van der Waals surface area contributed by atoms with Crippen molar-refractivity contribution in [2.45, 2.75) is 6.04 Å². The summed E-state index contributed by atoms with van der Waals surface area (Å²) in [4.78, 5) is 10.0.